The van der Waals surface area contributed by atoms with Gasteiger partial charge >= 0.3 is 5.97 Å². The van der Waals surface area contributed by atoms with Gasteiger partial charge in [0, 0.05) is 24.9 Å². The molecule has 0 aliphatic carbocycles. The average molecular weight is 424 g/mol. The molecule has 1 aliphatic heterocycles. The molecule has 0 unspecified atom stereocenters. The zero-order chi connectivity index (χ0) is 21.7. The summed E-state index contributed by atoms with van der Waals surface area (Å²) in [5, 5.41) is 6.65. The quantitative estimate of drug-likeness (QED) is 0.547. The minimum Gasteiger partial charge on any atom is -0.466 e. The zero-order valence-electron chi connectivity index (χ0n) is 17.3. The topological polar surface area (TPSA) is 70.7 Å². The van der Waals surface area contributed by atoms with Crippen LogP contribution in [0.3, 0.4) is 0 Å². The summed E-state index contributed by atoms with van der Waals surface area (Å²) in [6.07, 6.45) is 1.06. The summed E-state index contributed by atoms with van der Waals surface area (Å²) in [6.45, 7) is 1.83. The van der Waals surface area contributed by atoms with E-state index < -0.39 is 12.0 Å². The third kappa shape index (κ3) is 4.86. The Kier molecular flexibility index (Phi) is 6.84. The number of hydrogen-bond acceptors (Lipinski definition) is 4. The van der Waals surface area contributed by atoms with Crippen LogP contribution < -0.4 is 10.6 Å². The molecule has 0 radical (unpaired) electrons. The number of ether oxygens (including phenoxy) is 1. The maximum Gasteiger partial charge on any atom is 0.337 e. The molecule has 1 heterocycles. The number of allylic oxidation sites excluding steroid dienone is 1. The summed E-state index contributed by atoms with van der Waals surface area (Å²) in [6, 6.07) is 16.8. The Morgan fingerprint density at radius 1 is 1.17 bits per heavy atom. The second-order valence-corrected chi connectivity index (χ2v) is 7.48. The van der Waals surface area contributed by atoms with E-state index in [4.69, 9.17) is 17.0 Å². The fourth-order valence-electron chi connectivity index (χ4n) is 3.38. The standard InChI is InChI=1S/C23H25N3O3S/c1-15-20(22(28)29-3)21(25-23(30)26(15)2)17-10-7-11-18(14-17)24-19(27)13-12-16-8-5-4-6-9-16/h4-11,14,21H,12-13H2,1-3H3,(H,24,27)(H,25,30)/t21-/m1/s1. The maximum absolute atomic E-state index is 12.4. The van der Waals surface area contributed by atoms with Gasteiger partial charge in [-0.1, -0.05) is 42.5 Å². The smallest absolute Gasteiger partial charge is 0.337 e. The number of nitrogens with zero attached hydrogens (tertiary/aromatic N) is 1. The average Bonchev–Trinajstić information content (AvgIpc) is 2.76. The number of anilines is 1. The van der Waals surface area contributed by atoms with Crippen molar-refractivity contribution in [2.45, 2.75) is 25.8 Å². The number of benzene rings is 2. The van der Waals surface area contributed by atoms with Gasteiger partial charge in [-0.05, 0) is 48.8 Å². The number of amides is 1. The van der Waals surface area contributed by atoms with Gasteiger partial charge < -0.3 is 20.3 Å². The first kappa shape index (κ1) is 21.5. The van der Waals surface area contributed by atoms with Crippen molar-refractivity contribution in [3.05, 3.63) is 77.0 Å². The minimum atomic E-state index is -0.456. The van der Waals surface area contributed by atoms with E-state index in [-0.39, 0.29) is 5.91 Å². The summed E-state index contributed by atoms with van der Waals surface area (Å²) >= 11 is 5.40. The molecule has 2 aromatic rings. The highest BCUT2D eigenvalue weighted by Gasteiger charge is 2.33. The van der Waals surface area contributed by atoms with Gasteiger partial charge in [-0.15, -0.1) is 0 Å². The summed E-state index contributed by atoms with van der Waals surface area (Å²) in [5.74, 6) is -0.487. The molecule has 1 aliphatic rings. The van der Waals surface area contributed by atoms with Crippen LogP contribution in [0.25, 0.3) is 0 Å². The first-order valence-corrected chi connectivity index (χ1v) is 10.1. The van der Waals surface area contributed by atoms with Crippen LogP contribution >= 0.6 is 12.2 Å². The van der Waals surface area contributed by atoms with Crippen molar-refractivity contribution in [1.29, 1.82) is 0 Å². The number of esters is 1. The van der Waals surface area contributed by atoms with Gasteiger partial charge in [-0.2, -0.15) is 0 Å². The number of hydrogen-bond donors (Lipinski definition) is 2. The molecular weight excluding hydrogens is 398 g/mol. The molecule has 0 saturated carbocycles. The van der Waals surface area contributed by atoms with E-state index in [0.29, 0.717) is 29.2 Å². The van der Waals surface area contributed by atoms with Crippen molar-refractivity contribution >= 4 is 34.9 Å². The van der Waals surface area contributed by atoms with E-state index in [0.717, 1.165) is 16.8 Å². The van der Waals surface area contributed by atoms with Crippen LogP contribution in [0.1, 0.15) is 30.5 Å². The van der Waals surface area contributed by atoms with Crippen LogP contribution in [-0.2, 0) is 20.7 Å². The molecule has 7 heteroatoms. The van der Waals surface area contributed by atoms with Crippen molar-refractivity contribution in [2.24, 2.45) is 0 Å². The van der Waals surface area contributed by atoms with Crippen LogP contribution in [0.4, 0.5) is 5.69 Å². The molecule has 1 atom stereocenters. The van der Waals surface area contributed by atoms with Gasteiger partial charge in [0.1, 0.15) is 0 Å². The number of thiocarbonyl (C=S) groups is 1. The monoisotopic (exact) mass is 423 g/mol. The van der Waals surface area contributed by atoms with Gasteiger partial charge in [0.15, 0.2) is 5.11 Å². The van der Waals surface area contributed by atoms with E-state index in [2.05, 4.69) is 10.6 Å². The molecule has 0 saturated heterocycles. The van der Waals surface area contributed by atoms with Gasteiger partial charge in [-0.3, -0.25) is 4.79 Å². The van der Waals surface area contributed by atoms with Gasteiger partial charge in [0.25, 0.3) is 0 Å². The van der Waals surface area contributed by atoms with Crippen molar-refractivity contribution in [3.63, 3.8) is 0 Å². The molecule has 0 aromatic heterocycles. The van der Waals surface area contributed by atoms with Crippen LogP contribution in [0.15, 0.2) is 65.9 Å². The van der Waals surface area contributed by atoms with Crippen molar-refractivity contribution in [1.82, 2.24) is 10.2 Å². The van der Waals surface area contributed by atoms with Crippen molar-refractivity contribution < 1.29 is 14.3 Å². The number of carbonyl (C=O) groups is 2. The fraction of sp³-hybridized carbons (Fsp3) is 0.261. The second-order valence-electron chi connectivity index (χ2n) is 7.09. The first-order valence-electron chi connectivity index (χ1n) is 9.67. The van der Waals surface area contributed by atoms with Gasteiger partial charge in [0.2, 0.25) is 5.91 Å². The second kappa shape index (κ2) is 9.54. The van der Waals surface area contributed by atoms with Crippen LogP contribution in [-0.4, -0.2) is 36.0 Å². The molecule has 156 valence electrons. The summed E-state index contributed by atoms with van der Waals surface area (Å²) in [4.78, 5) is 26.6. The lowest BCUT2D eigenvalue weighted by Gasteiger charge is -2.35. The van der Waals surface area contributed by atoms with E-state index >= 15 is 0 Å². The van der Waals surface area contributed by atoms with E-state index in [1.807, 2.05) is 61.5 Å². The Balaban J connectivity index is 1.77. The van der Waals surface area contributed by atoms with Gasteiger partial charge in [0.05, 0.1) is 18.7 Å². The molecule has 30 heavy (non-hydrogen) atoms. The minimum absolute atomic E-state index is 0.0669. The number of aryl methyl sites for hydroxylation is 1. The Hall–Kier alpha value is -3.19. The number of methoxy groups -OCH3 is 1. The zero-order valence-corrected chi connectivity index (χ0v) is 18.1. The predicted octanol–water partition coefficient (Wildman–Crippen LogP) is 3.57. The van der Waals surface area contributed by atoms with Crippen LogP contribution in [0.5, 0.6) is 0 Å². The van der Waals surface area contributed by atoms with Crippen molar-refractivity contribution in [2.75, 3.05) is 19.5 Å². The highest BCUT2D eigenvalue weighted by molar-refractivity contribution is 7.80. The summed E-state index contributed by atoms with van der Waals surface area (Å²) in [7, 11) is 3.16. The summed E-state index contributed by atoms with van der Waals surface area (Å²) in [5.41, 5.74) is 3.81. The van der Waals surface area contributed by atoms with E-state index in [9.17, 15) is 9.59 Å². The molecular formula is C23H25N3O3S. The molecule has 6 nitrogen and oxygen atoms in total. The SMILES string of the molecule is COC(=O)C1=C(C)N(C)C(=S)N[C@@H]1c1cccc(NC(=O)CCc2ccccc2)c1. The van der Waals surface area contributed by atoms with Crippen LogP contribution in [0.2, 0.25) is 0 Å². The third-order valence-electron chi connectivity index (χ3n) is 5.15. The number of carbonyl (C=O) groups excluding carboxylic acids is 2. The van der Waals surface area contributed by atoms with E-state index in [1.165, 1.54) is 7.11 Å². The molecule has 3 rings (SSSR count). The third-order valence-corrected chi connectivity index (χ3v) is 5.54. The molecule has 2 N–H and O–H groups in total. The molecule has 1 amide bonds. The molecule has 2 aromatic carbocycles. The molecule has 0 spiro atoms. The van der Waals surface area contributed by atoms with Crippen LogP contribution in [0, 0.1) is 0 Å². The highest BCUT2D eigenvalue weighted by Crippen LogP contribution is 2.31. The number of rotatable bonds is 6. The lowest BCUT2D eigenvalue weighted by atomic mass is 9.95. The Morgan fingerprint density at radius 2 is 1.90 bits per heavy atom. The lowest BCUT2D eigenvalue weighted by molar-refractivity contribution is -0.136. The predicted molar refractivity (Wildman–Crippen MR) is 121 cm³/mol. The van der Waals surface area contributed by atoms with E-state index in [1.54, 1.807) is 11.9 Å². The normalized spacial score (nSPS) is 16.2. The van der Waals surface area contributed by atoms with Crippen molar-refractivity contribution in [3.8, 4) is 0 Å². The highest BCUT2D eigenvalue weighted by atomic mass is 32.1. The number of nitrogens with one attached hydrogen (secondary N) is 2. The Bertz CT molecular complexity index is 988. The lowest BCUT2D eigenvalue weighted by Crippen LogP contribution is -2.46. The summed E-state index contributed by atoms with van der Waals surface area (Å²) < 4.78 is 4.99. The first-order chi connectivity index (χ1) is 14.4. The maximum atomic E-state index is 12.4. The fourth-order valence-corrected chi connectivity index (χ4v) is 3.64. The Labute approximate surface area is 181 Å². The Morgan fingerprint density at radius 3 is 2.60 bits per heavy atom. The van der Waals surface area contributed by atoms with Gasteiger partial charge in [-0.25, -0.2) is 4.79 Å². The largest absolute Gasteiger partial charge is 0.466 e. The molecule has 0 bridgehead atoms. The molecule has 0 fully saturated rings.